The maximum absolute atomic E-state index is 13.4. The van der Waals surface area contributed by atoms with Crippen molar-refractivity contribution in [2.24, 2.45) is 0 Å². The Bertz CT molecular complexity index is 1220. The minimum atomic E-state index is -4.38. The van der Waals surface area contributed by atoms with Crippen molar-refractivity contribution in [3.8, 4) is 0 Å². The average Bonchev–Trinajstić information content (AvgIpc) is 2.82. The number of anilines is 1. The number of thioether (sulfide) groups is 1. The van der Waals surface area contributed by atoms with E-state index in [2.05, 4.69) is 5.32 Å². The number of sulfonamides is 1. The van der Waals surface area contributed by atoms with Crippen molar-refractivity contribution in [2.45, 2.75) is 16.7 Å². The Balaban J connectivity index is 1.74. The van der Waals surface area contributed by atoms with Crippen molar-refractivity contribution < 1.29 is 18.1 Å². The normalized spacial score (nSPS) is 11.1. The van der Waals surface area contributed by atoms with Crippen LogP contribution in [0.1, 0.15) is 5.56 Å². The number of nitro groups is 1. The van der Waals surface area contributed by atoms with Crippen LogP contribution < -0.4 is 9.62 Å². The lowest BCUT2D eigenvalue weighted by Crippen LogP contribution is -2.41. The molecular weight excluding hydrogens is 462 g/mol. The number of nitrogens with zero attached hydrogens (tertiary/aromatic N) is 2. The van der Waals surface area contributed by atoms with Gasteiger partial charge in [-0.25, -0.2) is 8.42 Å². The van der Waals surface area contributed by atoms with E-state index in [1.165, 1.54) is 30.3 Å². The third-order valence-electron chi connectivity index (χ3n) is 4.68. The van der Waals surface area contributed by atoms with E-state index in [1.807, 2.05) is 31.2 Å². The summed E-state index contributed by atoms with van der Waals surface area (Å²) in [4.78, 5) is 23.9. The molecule has 1 N–H and O–H groups in total. The number of hydrogen-bond donors (Lipinski definition) is 1. The van der Waals surface area contributed by atoms with Crippen LogP contribution in [-0.4, -0.2) is 38.1 Å². The van der Waals surface area contributed by atoms with Crippen LogP contribution in [0.4, 0.5) is 11.4 Å². The molecule has 0 unspecified atom stereocenters. The topological polar surface area (TPSA) is 110 Å². The van der Waals surface area contributed by atoms with E-state index in [4.69, 9.17) is 0 Å². The molecule has 0 aliphatic carbocycles. The SMILES string of the molecule is Cc1ccc(SCCNC(=O)CN(c2ccccc2)S(=O)(=O)c2ccccc2[N+](=O)[O-])cc1. The molecule has 0 radical (unpaired) electrons. The first-order valence-electron chi connectivity index (χ1n) is 10.1. The second-order valence-electron chi connectivity index (χ2n) is 7.08. The lowest BCUT2D eigenvalue weighted by Gasteiger charge is -2.24. The smallest absolute Gasteiger partial charge is 0.289 e. The molecule has 3 aromatic rings. The Morgan fingerprint density at radius 2 is 1.64 bits per heavy atom. The van der Waals surface area contributed by atoms with Crippen molar-refractivity contribution >= 4 is 39.1 Å². The second-order valence-corrected chi connectivity index (χ2v) is 10.1. The number of para-hydroxylation sites is 2. The highest BCUT2D eigenvalue weighted by Gasteiger charge is 2.32. The van der Waals surface area contributed by atoms with Crippen LogP contribution in [0.25, 0.3) is 0 Å². The van der Waals surface area contributed by atoms with Gasteiger partial charge in [0.15, 0.2) is 4.90 Å². The number of amides is 1. The van der Waals surface area contributed by atoms with E-state index in [0.29, 0.717) is 12.3 Å². The maximum atomic E-state index is 13.4. The number of nitro benzene ring substituents is 1. The van der Waals surface area contributed by atoms with E-state index in [1.54, 1.807) is 30.0 Å². The zero-order valence-electron chi connectivity index (χ0n) is 17.9. The van der Waals surface area contributed by atoms with Gasteiger partial charge in [-0.2, -0.15) is 0 Å². The van der Waals surface area contributed by atoms with Crippen LogP contribution in [0.2, 0.25) is 0 Å². The molecule has 0 saturated heterocycles. The fourth-order valence-corrected chi connectivity index (χ4v) is 5.38. The lowest BCUT2D eigenvalue weighted by molar-refractivity contribution is -0.387. The van der Waals surface area contributed by atoms with Gasteiger partial charge >= 0.3 is 0 Å². The standard InChI is InChI=1S/C23H23N3O5S2/c1-18-11-13-20(14-12-18)32-16-15-24-23(27)17-25(19-7-3-2-4-8-19)33(30,31)22-10-6-5-9-21(22)26(28)29/h2-14H,15-17H2,1H3,(H,24,27). The first-order valence-corrected chi connectivity index (χ1v) is 12.5. The molecule has 0 fully saturated rings. The van der Waals surface area contributed by atoms with Crippen molar-refractivity contribution in [3.05, 3.63) is 94.5 Å². The van der Waals surface area contributed by atoms with Crippen LogP contribution in [0.3, 0.4) is 0 Å². The molecule has 172 valence electrons. The molecule has 0 spiro atoms. The Kier molecular flexibility index (Phi) is 8.07. The van der Waals surface area contributed by atoms with E-state index in [9.17, 15) is 23.3 Å². The van der Waals surface area contributed by atoms with Crippen molar-refractivity contribution in [2.75, 3.05) is 23.1 Å². The Hall–Kier alpha value is -3.37. The van der Waals surface area contributed by atoms with E-state index in [0.717, 1.165) is 20.8 Å². The van der Waals surface area contributed by atoms with Gasteiger partial charge < -0.3 is 5.32 Å². The third kappa shape index (κ3) is 6.33. The van der Waals surface area contributed by atoms with Crippen molar-refractivity contribution in [3.63, 3.8) is 0 Å². The van der Waals surface area contributed by atoms with E-state index in [-0.39, 0.29) is 5.69 Å². The predicted octanol–water partition coefficient (Wildman–Crippen LogP) is 4.01. The summed E-state index contributed by atoms with van der Waals surface area (Å²) < 4.78 is 27.6. The molecule has 33 heavy (non-hydrogen) atoms. The molecule has 3 rings (SSSR count). The number of hydrogen-bond acceptors (Lipinski definition) is 6. The summed E-state index contributed by atoms with van der Waals surface area (Å²) in [6.07, 6.45) is 0. The quantitative estimate of drug-likeness (QED) is 0.201. The highest BCUT2D eigenvalue weighted by atomic mass is 32.2. The molecule has 0 bridgehead atoms. The van der Waals surface area contributed by atoms with Gasteiger partial charge in [-0.1, -0.05) is 48.0 Å². The van der Waals surface area contributed by atoms with E-state index >= 15 is 0 Å². The molecule has 8 nitrogen and oxygen atoms in total. The molecule has 0 saturated carbocycles. The summed E-state index contributed by atoms with van der Waals surface area (Å²) >= 11 is 1.57. The van der Waals surface area contributed by atoms with Gasteiger partial charge in [0.1, 0.15) is 6.54 Å². The Morgan fingerprint density at radius 3 is 2.30 bits per heavy atom. The molecule has 0 atom stereocenters. The molecule has 0 aliphatic heterocycles. The fourth-order valence-electron chi connectivity index (χ4n) is 3.03. The van der Waals surface area contributed by atoms with Gasteiger partial charge in [0, 0.05) is 23.3 Å². The molecule has 10 heteroatoms. The number of nitrogens with one attached hydrogen (secondary N) is 1. The number of aryl methyl sites for hydroxylation is 1. The Morgan fingerprint density at radius 1 is 1.00 bits per heavy atom. The highest BCUT2D eigenvalue weighted by molar-refractivity contribution is 7.99. The maximum Gasteiger partial charge on any atom is 0.289 e. The predicted molar refractivity (Wildman–Crippen MR) is 129 cm³/mol. The monoisotopic (exact) mass is 485 g/mol. The number of carbonyl (C=O) groups excluding carboxylic acids is 1. The number of rotatable bonds is 10. The van der Waals surface area contributed by atoms with Gasteiger partial charge in [0.25, 0.3) is 15.7 Å². The fraction of sp³-hybridized carbons (Fsp3) is 0.174. The number of carbonyl (C=O) groups is 1. The van der Waals surface area contributed by atoms with Crippen molar-refractivity contribution in [1.82, 2.24) is 5.32 Å². The van der Waals surface area contributed by atoms with Crippen LogP contribution in [0, 0.1) is 17.0 Å². The second kappa shape index (κ2) is 11.0. The van der Waals surface area contributed by atoms with Gasteiger partial charge in [0.05, 0.1) is 10.6 Å². The summed E-state index contributed by atoms with van der Waals surface area (Å²) in [5, 5.41) is 14.1. The average molecular weight is 486 g/mol. The minimum absolute atomic E-state index is 0.236. The molecule has 1 amide bonds. The van der Waals surface area contributed by atoms with Crippen LogP contribution in [0.5, 0.6) is 0 Å². The third-order valence-corrected chi connectivity index (χ3v) is 7.51. The molecule has 3 aromatic carbocycles. The molecule has 0 aromatic heterocycles. The van der Waals surface area contributed by atoms with Crippen LogP contribution in [0.15, 0.2) is 88.7 Å². The van der Waals surface area contributed by atoms with Gasteiger partial charge in [-0.15, -0.1) is 11.8 Å². The summed E-state index contributed by atoms with van der Waals surface area (Å²) in [6.45, 7) is 1.84. The van der Waals surface area contributed by atoms with Crippen LogP contribution >= 0.6 is 11.8 Å². The summed E-state index contributed by atoms with van der Waals surface area (Å²) in [5.41, 5.74) is 0.849. The minimum Gasteiger partial charge on any atom is -0.354 e. The Labute approximate surface area is 196 Å². The molecule has 0 heterocycles. The zero-order valence-corrected chi connectivity index (χ0v) is 19.5. The largest absolute Gasteiger partial charge is 0.354 e. The van der Waals surface area contributed by atoms with Gasteiger partial charge in [-0.05, 0) is 37.3 Å². The van der Waals surface area contributed by atoms with Gasteiger partial charge in [0.2, 0.25) is 5.91 Å². The first-order chi connectivity index (χ1) is 15.8. The summed E-state index contributed by atoms with van der Waals surface area (Å²) in [7, 11) is -4.38. The zero-order chi connectivity index (χ0) is 23.8. The number of benzene rings is 3. The lowest BCUT2D eigenvalue weighted by atomic mass is 10.2. The summed E-state index contributed by atoms with van der Waals surface area (Å²) in [6, 6.07) is 21.1. The first kappa shape index (κ1) is 24.3. The van der Waals surface area contributed by atoms with Crippen molar-refractivity contribution in [1.29, 1.82) is 0 Å². The van der Waals surface area contributed by atoms with E-state index < -0.39 is 38.0 Å². The van der Waals surface area contributed by atoms with Crippen LogP contribution in [-0.2, 0) is 14.8 Å². The molecular formula is C23H23N3O5S2. The highest BCUT2D eigenvalue weighted by Crippen LogP contribution is 2.29. The molecule has 0 aliphatic rings. The van der Waals surface area contributed by atoms with Gasteiger partial charge in [-0.3, -0.25) is 19.2 Å². The summed E-state index contributed by atoms with van der Waals surface area (Å²) in [5.74, 6) is 0.0994.